The van der Waals surface area contributed by atoms with Crippen LogP contribution in [0.1, 0.15) is 11.1 Å². The van der Waals surface area contributed by atoms with Crippen LogP contribution in [0.3, 0.4) is 0 Å². The van der Waals surface area contributed by atoms with Crippen LogP contribution in [0, 0.1) is 15.9 Å². The van der Waals surface area contributed by atoms with Crippen molar-refractivity contribution in [2.45, 2.75) is 18.9 Å². The van der Waals surface area contributed by atoms with Gasteiger partial charge in [0, 0.05) is 12.1 Å². The van der Waals surface area contributed by atoms with E-state index in [1.807, 2.05) is 48.5 Å². The molecule has 10 nitrogen and oxygen atoms in total. The third-order valence-electron chi connectivity index (χ3n) is 6.16. The minimum atomic E-state index is -1.15. The minimum Gasteiger partial charge on any atom is -0.497 e. The lowest BCUT2D eigenvalue weighted by Crippen LogP contribution is -2.25. The van der Waals surface area contributed by atoms with E-state index in [9.17, 15) is 19.3 Å². The number of para-hydroxylation sites is 1. The number of carbonyl (C=O) groups is 1. The van der Waals surface area contributed by atoms with Gasteiger partial charge < -0.3 is 30.0 Å². The quantitative estimate of drug-likeness (QED) is 0.153. The lowest BCUT2D eigenvalue weighted by molar-refractivity contribution is -0.384. The fourth-order valence-electron chi connectivity index (χ4n) is 4.27. The molecule has 41 heavy (non-hydrogen) atoms. The number of nitrogens with zero attached hydrogens (tertiary/aromatic N) is 1. The second-order valence-electron chi connectivity index (χ2n) is 8.97. The summed E-state index contributed by atoms with van der Waals surface area (Å²) in [7, 11) is 3.17. The molecule has 4 aromatic carbocycles. The zero-order chi connectivity index (χ0) is 29.4. The summed E-state index contributed by atoms with van der Waals surface area (Å²) in [6.45, 7) is 0. The van der Waals surface area contributed by atoms with Crippen molar-refractivity contribution in [2.24, 2.45) is 5.73 Å². The lowest BCUT2D eigenvalue weighted by Gasteiger charge is -2.21. The molecule has 0 radical (unpaired) electrons. The van der Waals surface area contributed by atoms with Gasteiger partial charge in [-0.1, -0.05) is 30.3 Å². The second kappa shape index (κ2) is 13.2. The van der Waals surface area contributed by atoms with Crippen molar-refractivity contribution >= 4 is 17.5 Å². The van der Waals surface area contributed by atoms with Crippen molar-refractivity contribution in [1.82, 2.24) is 0 Å². The number of rotatable bonds is 12. The molecule has 0 aromatic heterocycles. The molecule has 212 valence electrons. The number of carbonyl (C=O) groups excluding carboxylic acids is 1. The fourth-order valence-corrected chi connectivity index (χ4v) is 4.27. The first-order valence-corrected chi connectivity index (χ1v) is 12.5. The number of benzene rings is 4. The number of anilines is 1. The van der Waals surface area contributed by atoms with Gasteiger partial charge in [-0.25, -0.2) is 9.18 Å². The smallest absolute Gasteiger partial charge is 0.410 e. The maximum absolute atomic E-state index is 14.0. The van der Waals surface area contributed by atoms with Gasteiger partial charge in [0.2, 0.25) is 5.75 Å². The number of ether oxygens (including phenoxy) is 4. The van der Waals surface area contributed by atoms with Crippen molar-refractivity contribution in [3.8, 4) is 28.7 Å². The van der Waals surface area contributed by atoms with E-state index in [0.717, 1.165) is 29.3 Å². The highest BCUT2D eigenvalue weighted by Crippen LogP contribution is 2.41. The van der Waals surface area contributed by atoms with Crippen LogP contribution in [0.5, 0.6) is 28.7 Å². The molecular weight excluding hydrogens is 533 g/mol. The topological polar surface area (TPSA) is 135 Å². The van der Waals surface area contributed by atoms with E-state index in [1.54, 1.807) is 26.4 Å². The van der Waals surface area contributed by atoms with Gasteiger partial charge in [0.25, 0.3) is 0 Å². The maximum atomic E-state index is 14.0. The molecule has 0 heterocycles. The molecule has 0 fully saturated rings. The third kappa shape index (κ3) is 7.63. The molecule has 0 aliphatic heterocycles. The number of methoxy groups -OCH3 is 2. The Kier molecular flexibility index (Phi) is 9.20. The molecule has 4 rings (SSSR count). The van der Waals surface area contributed by atoms with E-state index in [2.05, 4.69) is 5.32 Å². The van der Waals surface area contributed by atoms with Gasteiger partial charge >= 0.3 is 11.8 Å². The number of nitro benzene ring substituents is 1. The van der Waals surface area contributed by atoms with Crippen LogP contribution >= 0.6 is 0 Å². The highest BCUT2D eigenvalue weighted by Gasteiger charge is 2.25. The van der Waals surface area contributed by atoms with E-state index < -0.39 is 16.8 Å². The molecule has 3 N–H and O–H groups in total. The van der Waals surface area contributed by atoms with Gasteiger partial charge in [-0.15, -0.1) is 0 Å². The molecule has 0 spiro atoms. The van der Waals surface area contributed by atoms with Crippen LogP contribution in [-0.4, -0.2) is 31.3 Å². The van der Waals surface area contributed by atoms with Crippen LogP contribution in [0.4, 0.5) is 20.6 Å². The van der Waals surface area contributed by atoms with E-state index in [-0.39, 0.29) is 34.7 Å². The highest BCUT2D eigenvalue weighted by molar-refractivity contribution is 5.71. The number of nitro groups is 1. The second-order valence-corrected chi connectivity index (χ2v) is 8.97. The summed E-state index contributed by atoms with van der Waals surface area (Å²) in [5, 5.41) is 15.6. The Balaban J connectivity index is 1.68. The zero-order valence-corrected chi connectivity index (χ0v) is 22.3. The van der Waals surface area contributed by atoms with Crippen molar-refractivity contribution < 1.29 is 33.1 Å². The van der Waals surface area contributed by atoms with Crippen molar-refractivity contribution in [2.75, 3.05) is 19.5 Å². The summed E-state index contributed by atoms with van der Waals surface area (Å²) in [6.07, 6.45) is -0.0939. The van der Waals surface area contributed by atoms with Gasteiger partial charge in [-0.05, 0) is 72.5 Å². The molecule has 0 aliphatic carbocycles. The first-order chi connectivity index (χ1) is 19.7. The van der Waals surface area contributed by atoms with Gasteiger partial charge in [-0.2, -0.15) is 0 Å². The average Bonchev–Trinajstić information content (AvgIpc) is 2.95. The summed E-state index contributed by atoms with van der Waals surface area (Å²) in [5.41, 5.74) is 6.88. The fraction of sp³-hybridized carbons (Fsp3) is 0.167. The molecule has 0 saturated carbocycles. The Hall–Kier alpha value is -5.32. The van der Waals surface area contributed by atoms with Gasteiger partial charge in [-0.3, -0.25) is 10.1 Å². The van der Waals surface area contributed by atoms with E-state index in [0.29, 0.717) is 24.3 Å². The van der Waals surface area contributed by atoms with E-state index in [1.165, 1.54) is 6.07 Å². The van der Waals surface area contributed by atoms with Crippen LogP contribution in [-0.2, 0) is 12.8 Å². The predicted molar refractivity (Wildman–Crippen MR) is 151 cm³/mol. The number of hydrogen-bond donors (Lipinski definition) is 2. The largest absolute Gasteiger partial charge is 0.497 e. The normalized spacial score (nSPS) is 10.6. The lowest BCUT2D eigenvalue weighted by atomic mass is 9.98. The Morgan fingerprint density at radius 3 is 1.98 bits per heavy atom. The van der Waals surface area contributed by atoms with Crippen molar-refractivity contribution in [3.05, 3.63) is 112 Å². The van der Waals surface area contributed by atoms with Gasteiger partial charge in [0.05, 0.1) is 19.1 Å². The van der Waals surface area contributed by atoms with E-state index >= 15 is 0 Å². The Bertz CT molecular complexity index is 1460. The SMILES string of the molecule is COc1ccc(CC(Cc2ccc(OC)cc2)Nc2cccc(Oc3cc(F)ccc3OC(N)=O)c2[N+](=O)[O-])cc1. The standard InChI is InChI=1S/C30H28FN3O7/c1-38-23-11-6-19(7-12-23)16-22(17-20-8-13-24(39-2)14-9-20)33-25-4-3-5-27(29(25)34(36)37)40-28-18-21(31)10-15-26(28)41-30(32)35/h3-15,18,22,33H,16-17H2,1-2H3,(H2,32,35). The first kappa shape index (κ1) is 28.7. The molecule has 0 bridgehead atoms. The molecule has 4 aromatic rings. The highest BCUT2D eigenvalue weighted by atomic mass is 19.1. The first-order valence-electron chi connectivity index (χ1n) is 12.5. The van der Waals surface area contributed by atoms with Gasteiger partial charge in [0.1, 0.15) is 23.0 Å². The average molecular weight is 562 g/mol. The maximum Gasteiger partial charge on any atom is 0.410 e. The molecular formula is C30H28FN3O7. The summed E-state index contributed by atoms with van der Waals surface area (Å²) in [5.74, 6) is 0.0951. The summed E-state index contributed by atoms with van der Waals surface area (Å²) in [6, 6.07) is 22.5. The Labute approximate surface area is 235 Å². The Morgan fingerprint density at radius 2 is 1.46 bits per heavy atom. The number of amides is 1. The van der Waals surface area contributed by atoms with Crippen LogP contribution in [0.2, 0.25) is 0 Å². The molecule has 11 heteroatoms. The van der Waals surface area contributed by atoms with Crippen LogP contribution in [0.25, 0.3) is 0 Å². The predicted octanol–water partition coefficient (Wildman–Crippen LogP) is 6.27. The summed E-state index contributed by atoms with van der Waals surface area (Å²) >= 11 is 0. The molecule has 0 unspecified atom stereocenters. The number of hydrogen-bond acceptors (Lipinski definition) is 8. The Morgan fingerprint density at radius 1 is 0.878 bits per heavy atom. The molecule has 0 saturated heterocycles. The van der Waals surface area contributed by atoms with Crippen LogP contribution in [0.15, 0.2) is 84.9 Å². The van der Waals surface area contributed by atoms with Crippen LogP contribution < -0.4 is 30.0 Å². The summed E-state index contributed by atoms with van der Waals surface area (Å²) in [4.78, 5) is 23.0. The van der Waals surface area contributed by atoms with E-state index in [4.69, 9.17) is 24.7 Å². The monoisotopic (exact) mass is 561 g/mol. The van der Waals surface area contributed by atoms with Gasteiger partial charge in [0.15, 0.2) is 11.5 Å². The van der Waals surface area contributed by atoms with Crippen molar-refractivity contribution in [1.29, 1.82) is 0 Å². The minimum absolute atomic E-state index is 0.187. The number of nitrogens with one attached hydrogen (secondary N) is 1. The number of primary amides is 1. The molecule has 0 aliphatic rings. The number of halogens is 1. The van der Waals surface area contributed by atoms with Crippen molar-refractivity contribution in [3.63, 3.8) is 0 Å². The third-order valence-corrected chi connectivity index (χ3v) is 6.16. The number of nitrogens with two attached hydrogens (primary N) is 1. The molecule has 0 atom stereocenters. The zero-order valence-electron chi connectivity index (χ0n) is 22.3. The molecule has 1 amide bonds. The summed E-state index contributed by atoms with van der Waals surface area (Å²) < 4.78 is 35.1.